The number of carbonyl (C=O) groups is 1. The zero-order valence-electron chi connectivity index (χ0n) is 19.1. The summed E-state index contributed by atoms with van der Waals surface area (Å²) >= 11 is 6.16. The van der Waals surface area contributed by atoms with Gasteiger partial charge in [0.05, 0.1) is 23.8 Å². The highest BCUT2D eigenvalue weighted by Gasteiger charge is 2.21. The lowest BCUT2D eigenvalue weighted by Crippen LogP contribution is -2.36. The van der Waals surface area contributed by atoms with Gasteiger partial charge in [-0.3, -0.25) is 14.6 Å². The molecular weight excluding hydrogens is 436 g/mol. The Morgan fingerprint density at radius 1 is 1.03 bits per heavy atom. The van der Waals surface area contributed by atoms with Gasteiger partial charge in [0.25, 0.3) is 0 Å². The lowest BCUT2D eigenvalue weighted by Gasteiger charge is -2.20. The summed E-state index contributed by atoms with van der Waals surface area (Å²) in [6.45, 7) is 6.72. The molecule has 3 aromatic rings. The molecule has 1 fully saturated rings. The van der Waals surface area contributed by atoms with Gasteiger partial charge in [0, 0.05) is 25.1 Å². The van der Waals surface area contributed by atoms with Crippen LogP contribution in [0.25, 0.3) is 11.3 Å². The normalized spacial score (nSPS) is 15.3. The third kappa shape index (κ3) is 6.44. The van der Waals surface area contributed by atoms with E-state index in [-0.39, 0.29) is 5.91 Å². The van der Waals surface area contributed by atoms with E-state index in [1.807, 2.05) is 36.4 Å². The number of oxazole rings is 1. The van der Waals surface area contributed by atoms with Crippen molar-refractivity contribution in [3.63, 3.8) is 0 Å². The maximum Gasteiger partial charge on any atom is 0.238 e. The van der Waals surface area contributed by atoms with Crippen molar-refractivity contribution in [2.75, 3.05) is 38.0 Å². The molecule has 0 saturated carbocycles. The van der Waals surface area contributed by atoms with Gasteiger partial charge in [0.1, 0.15) is 11.5 Å². The van der Waals surface area contributed by atoms with E-state index in [1.54, 1.807) is 6.07 Å². The Morgan fingerprint density at radius 2 is 1.76 bits per heavy atom. The average molecular weight is 467 g/mol. The molecule has 1 aliphatic rings. The average Bonchev–Trinajstić information content (AvgIpc) is 3.08. The summed E-state index contributed by atoms with van der Waals surface area (Å²) < 4.78 is 6.18. The quantitative estimate of drug-likeness (QED) is 0.500. The fraction of sp³-hybridized carbons (Fsp3) is 0.385. The molecule has 4 rings (SSSR count). The second-order valence-corrected chi connectivity index (χ2v) is 8.84. The van der Waals surface area contributed by atoms with Crippen LogP contribution in [-0.2, 0) is 17.8 Å². The molecule has 1 aliphatic heterocycles. The number of carbonyl (C=O) groups excluding carboxylic acids is 1. The number of aryl methyl sites for hydroxylation is 1. The highest BCUT2D eigenvalue weighted by molar-refractivity contribution is 6.33. The summed E-state index contributed by atoms with van der Waals surface area (Å²) in [5.41, 5.74) is 2.71. The lowest BCUT2D eigenvalue weighted by molar-refractivity contribution is -0.117. The maximum absolute atomic E-state index is 12.5. The molecule has 0 unspecified atom stereocenters. The van der Waals surface area contributed by atoms with Crippen LogP contribution in [0.3, 0.4) is 0 Å². The van der Waals surface area contributed by atoms with Crippen molar-refractivity contribution in [3.8, 4) is 11.3 Å². The number of para-hydroxylation sites is 1. The third-order valence-corrected chi connectivity index (χ3v) is 6.15. The molecule has 1 amide bonds. The molecule has 0 atom stereocenters. The molecular formula is C26H31ClN4O2. The van der Waals surface area contributed by atoms with Gasteiger partial charge >= 0.3 is 0 Å². The van der Waals surface area contributed by atoms with E-state index < -0.39 is 0 Å². The van der Waals surface area contributed by atoms with Gasteiger partial charge in [-0.1, -0.05) is 61.0 Å². The van der Waals surface area contributed by atoms with Crippen LogP contribution in [0.15, 0.2) is 59.0 Å². The minimum Gasteiger partial charge on any atom is -0.444 e. The Hall–Kier alpha value is -2.67. The van der Waals surface area contributed by atoms with Gasteiger partial charge in [0.15, 0.2) is 0 Å². The van der Waals surface area contributed by atoms with Crippen molar-refractivity contribution in [2.45, 2.75) is 32.7 Å². The molecule has 1 saturated heterocycles. The van der Waals surface area contributed by atoms with E-state index in [2.05, 4.69) is 34.2 Å². The molecule has 1 N–H and O–H groups in total. The number of hydrogen-bond donors (Lipinski definition) is 1. The Bertz CT molecular complexity index is 1050. The highest BCUT2D eigenvalue weighted by atomic mass is 35.5. The van der Waals surface area contributed by atoms with E-state index in [0.29, 0.717) is 23.8 Å². The van der Waals surface area contributed by atoms with Crippen LogP contribution >= 0.6 is 11.6 Å². The number of benzene rings is 2. The minimum absolute atomic E-state index is 0.0408. The Balaban J connectivity index is 1.34. The maximum atomic E-state index is 12.5. The molecule has 2 aromatic carbocycles. The predicted molar refractivity (Wildman–Crippen MR) is 132 cm³/mol. The van der Waals surface area contributed by atoms with Crippen LogP contribution in [0.5, 0.6) is 0 Å². The topological polar surface area (TPSA) is 61.6 Å². The van der Waals surface area contributed by atoms with Crippen molar-refractivity contribution in [1.29, 1.82) is 0 Å². The molecule has 2 heterocycles. The van der Waals surface area contributed by atoms with Crippen molar-refractivity contribution in [1.82, 2.24) is 14.8 Å². The molecule has 0 radical (unpaired) electrons. The summed E-state index contributed by atoms with van der Waals surface area (Å²) in [6, 6.07) is 17.6. The van der Waals surface area contributed by atoms with Gasteiger partial charge in [0.2, 0.25) is 11.8 Å². The summed E-state index contributed by atoms with van der Waals surface area (Å²) in [4.78, 5) is 21.9. The van der Waals surface area contributed by atoms with E-state index in [0.717, 1.165) is 68.3 Å². The van der Waals surface area contributed by atoms with Crippen LogP contribution in [0.2, 0.25) is 5.02 Å². The molecule has 7 heteroatoms. The van der Waals surface area contributed by atoms with Crippen LogP contribution in [-0.4, -0.2) is 53.4 Å². The highest BCUT2D eigenvalue weighted by Crippen LogP contribution is 2.26. The van der Waals surface area contributed by atoms with Crippen molar-refractivity contribution >= 4 is 23.2 Å². The van der Waals surface area contributed by atoms with Gasteiger partial charge in [-0.15, -0.1) is 0 Å². The SMILES string of the molecule is CCCc1oc(CN2CCCN(CC(=O)Nc3ccccc3Cl)CC2)nc1-c1ccccc1. The number of anilines is 1. The second-order valence-electron chi connectivity index (χ2n) is 8.43. The monoisotopic (exact) mass is 466 g/mol. The van der Waals surface area contributed by atoms with E-state index in [1.165, 1.54) is 0 Å². The predicted octanol–water partition coefficient (Wildman–Crippen LogP) is 5.09. The summed E-state index contributed by atoms with van der Waals surface area (Å²) in [7, 11) is 0. The first kappa shape index (κ1) is 23.5. The number of amides is 1. The Labute approximate surface area is 200 Å². The van der Waals surface area contributed by atoms with E-state index >= 15 is 0 Å². The van der Waals surface area contributed by atoms with Crippen molar-refractivity contribution in [3.05, 3.63) is 71.3 Å². The van der Waals surface area contributed by atoms with Gasteiger partial charge in [-0.2, -0.15) is 0 Å². The van der Waals surface area contributed by atoms with Crippen molar-refractivity contribution < 1.29 is 9.21 Å². The molecule has 33 heavy (non-hydrogen) atoms. The Morgan fingerprint density at radius 3 is 2.55 bits per heavy atom. The standard InChI is InChI=1S/C26H31ClN4O2/c1-2-9-23-26(20-10-4-3-5-11-20)29-25(33-23)19-31-15-8-14-30(16-17-31)18-24(32)28-22-13-7-6-12-21(22)27/h3-7,10-13H,2,8-9,14-19H2,1H3,(H,28,32). The fourth-order valence-corrected chi connectivity index (χ4v) is 4.36. The lowest BCUT2D eigenvalue weighted by atomic mass is 10.1. The van der Waals surface area contributed by atoms with Gasteiger partial charge < -0.3 is 9.73 Å². The number of nitrogens with one attached hydrogen (secondary N) is 1. The number of aromatic nitrogens is 1. The van der Waals surface area contributed by atoms with E-state index in [9.17, 15) is 4.79 Å². The molecule has 6 nitrogen and oxygen atoms in total. The largest absolute Gasteiger partial charge is 0.444 e. The summed E-state index contributed by atoms with van der Waals surface area (Å²) in [5, 5.41) is 3.47. The first-order chi connectivity index (χ1) is 16.1. The van der Waals surface area contributed by atoms with Crippen LogP contribution in [0, 0.1) is 0 Å². The number of nitrogens with zero attached hydrogens (tertiary/aromatic N) is 3. The third-order valence-electron chi connectivity index (χ3n) is 5.82. The first-order valence-electron chi connectivity index (χ1n) is 11.7. The molecule has 1 aromatic heterocycles. The molecule has 0 bridgehead atoms. The van der Waals surface area contributed by atoms with Crippen LogP contribution in [0.4, 0.5) is 5.69 Å². The number of hydrogen-bond acceptors (Lipinski definition) is 5. The zero-order valence-corrected chi connectivity index (χ0v) is 19.9. The number of rotatable bonds is 8. The molecule has 0 spiro atoms. The van der Waals surface area contributed by atoms with Crippen LogP contribution < -0.4 is 5.32 Å². The summed E-state index contributed by atoms with van der Waals surface area (Å²) in [6.07, 6.45) is 2.89. The van der Waals surface area contributed by atoms with E-state index in [4.69, 9.17) is 21.0 Å². The molecule has 174 valence electrons. The van der Waals surface area contributed by atoms with Gasteiger partial charge in [-0.05, 0) is 38.1 Å². The first-order valence-corrected chi connectivity index (χ1v) is 12.0. The van der Waals surface area contributed by atoms with Crippen LogP contribution in [0.1, 0.15) is 31.4 Å². The molecule has 0 aliphatic carbocycles. The Kier molecular flexibility index (Phi) is 8.15. The smallest absolute Gasteiger partial charge is 0.238 e. The van der Waals surface area contributed by atoms with Crippen molar-refractivity contribution in [2.24, 2.45) is 0 Å². The summed E-state index contributed by atoms with van der Waals surface area (Å²) in [5.74, 6) is 1.69. The second kappa shape index (κ2) is 11.5. The minimum atomic E-state index is -0.0408. The van der Waals surface area contributed by atoms with Gasteiger partial charge in [-0.25, -0.2) is 4.98 Å². The zero-order chi connectivity index (χ0) is 23.0. The fourth-order valence-electron chi connectivity index (χ4n) is 4.17. The number of halogens is 1.